The van der Waals surface area contributed by atoms with Crippen LogP contribution in [0.1, 0.15) is 11.7 Å². The van der Waals surface area contributed by atoms with Crippen molar-refractivity contribution in [3.63, 3.8) is 0 Å². The maximum atomic E-state index is 11.0. The van der Waals surface area contributed by atoms with Gasteiger partial charge in [0.2, 0.25) is 0 Å². The van der Waals surface area contributed by atoms with E-state index in [1.807, 2.05) is 0 Å². The molecular weight excluding hydrogens is 204 g/mol. The van der Waals surface area contributed by atoms with Gasteiger partial charge in [-0.3, -0.25) is 21.2 Å². The number of rotatable bonds is 4. The highest BCUT2D eigenvalue weighted by atomic mass is 32.2. The molecule has 0 aliphatic heterocycles. The van der Waals surface area contributed by atoms with Crippen LogP contribution in [-0.4, -0.2) is 30.4 Å². The fourth-order valence-electron chi connectivity index (χ4n) is 1.01. The zero-order valence-electron chi connectivity index (χ0n) is 7.71. The van der Waals surface area contributed by atoms with Crippen LogP contribution in [0.25, 0.3) is 0 Å². The smallest absolute Gasteiger partial charge is 0.149 e. The van der Waals surface area contributed by atoms with Gasteiger partial charge in [-0.2, -0.15) is 0 Å². The molecule has 1 heterocycles. The number of nitrogens with two attached hydrogens (primary N) is 1. The molecule has 1 atom stereocenters. The molecule has 0 spiro atoms. The summed E-state index contributed by atoms with van der Waals surface area (Å²) in [4.78, 5) is 7.80. The molecule has 1 aromatic heterocycles. The molecule has 1 unspecified atom stereocenters. The van der Waals surface area contributed by atoms with E-state index in [1.165, 1.54) is 18.6 Å². The Morgan fingerprint density at radius 1 is 1.57 bits per heavy atom. The Balaban J connectivity index is 2.84. The maximum absolute atomic E-state index is 11.0. The third kappa shape index (κ3) is 3.36. The van der Waals surface area contributed by atoms with Crippen molar-refractivity contribution in [1.29, 1.82) is 0 Å². The molecule has 0 fully saturated rings. The summed E-state index contributed by atoms with van der Waals surface area (Å²) in [6.45, 7) is 0. The highest BCUT2D eigenvalue weighted by Gasteiger charge is 2.16. The van der Waals surface area contributed by atoms with Crippen molar-refractivity contribution in [3.05, 3.63) is 24.3 Å². The molecule has 7 heteroatoms. The van der Waals surface area contributed by atoms with Crippen LogP contribution >= 0.6 is 0 Å². The first-order valence-electron chi connectivity index (χ1n) is 3.92. The SMILES string of the molecule is CS(=O)(=O)CC(NN)c1cnccn1. The van der Waals surface area contributed by atoms with Gasteiger partial charge in [0, 0.05) is 18.6 Å². The Hall–Kier alpha value is -1.05. The van der Waals surface area contributed by atoms with Gasteiger partial charge in [-0.1, -0.05) is 0 Å². The zero-order valence-corrected chi connectivity index (χ0v) is 8.53. The molecule has 0 bridgehead atoms. The number of hydrazine groups is 1. The summed E-state index contributed by atoms with van der Waals surface area (Å²) in [6.07, 6.45) is 5.63. The zero-order chi connectivity index (χ0) is 10.6. The Bertz CT molecular complexity index is 378. The third-order valence-electron chi connectivity index (χ3n) is 1.61. The van der Waals surface area contributed by atoms with Gasteiger partial charge in [-0.25, -0.2) is 8.42 Å². The quantitative estimate of drug-likeness (QED) is 0.496. The van der Waals surface area contributed by atoms with Crippen LogP contribution in [-0.2, 0) is 9.84 Å². The topological polar surface area (TPSA) is 98.0 Å². The van der Waals surface area contributed by atoms with E-state index in [0.717, 1.165) is 6.26 Å². The molecule has 1 rings (SSSR count). The van der Waals surface area contributed by atoms with E-state index in [2.05, 4.69) is 15.4 Å². The number of nitrogens with one attached hydrogen (secondary N) is 1. The third-order valence-corrected chi connectivity index (χ3v) is 2.55. The van der Waals surface area contributed by atoms with Crippen LogP contribution in [0.5, 0.6) is 0 Å². The molecule has 3 N–H and O–H groups in total. The van der Waals surface area contributed by atoms with E-state index >= 15 is 0 Å². The van der Waals surface area contributed by atoms with Gasteiger partial charge < -0.3 is 0 Å². The largest absolute Gasteiger partial charge is 0.271 e. The summed E-state index contributed by atoms with van der Waals surface area (Å²) in [5.41, 5.74) is 2.91. The molecule has 78 valence electrons. The highest BCUT2D eigenvalue weighted by Crippen LogP contribution is 2.08. The predicted molar refractivity (Wildman–Crippen MR) is 51.8 cm³/mol. The Kier molecular flexibility index (Phi) is 3.50. The van der Waals surface area contributed by atoms with Crippen LogP contribution in [0.15, 0.2) is 18.6 Å². The summed E-state index contributed by atoms with van der Waals surface area (Å²) in [5, 5.41) is 0. The van der Waals surface area contributed by atoms with E-state index in [9.17, 15) is 8.42 Å². The van der Waals surface area contributed by atoms with Gasteiger partial charge in [0.25, 0.3) is 0 Å². The molecule has 1 aromatic rings. The van der Waals surface area contributed by atoms with E-state index in [4.69, 9.17) is 5.84 Å². The second-order valence-electron chi connectivity index (χ2n) is 2.94. The minimum absolute atomic E-state index is 0.0950. The van der Waals surface area contributed by atoms with Crippen molar-refractivity contribution in [1.82, 2.24) is 15.4 Å². The van der Waals surface area contributed by atoms with Gasteiger partial charge >= 0.3 is 0 Å². The number of hydrogen-bond acceptors (Lipinski definition) is 6. The first kappa shape index (κ1) is 11.0. The lowest BCUT2D eigenvalue weighted by molar-refractivity contribution is 0.555. The fourth-order valence-corrected chi connectivity index (χ4v) is 1.88. The van der Waals surface area contributed by atoms with Crippen LogP contribution in [0.3, 0.4) is 0 Å². The molecule has 0 aromatic carbocycles. The summed E-state index contributed by atoms with van der Waals surface area (Å²) in [5.74, 6) is 5.13. The molecule has 14 heavy (non-hydrogen) atoms. The van der Waals surface area contributed by atoms with Crippen molar-refractivity contribution in [3.8, 4) is 0 Å². The monoisotopic (exact) mass is 216 g/mol. The standard InChI is InChI=1S/C7H12N4O2S/c1-14(12,13)5-7(11-8)6-4-9-2-3-10-6/h2-4,7,11H,5,8H2,1H3. The second kappa shape index (κ2) is 4.45. The number of aromatic nitrogens is 2. The number of hydrogen-bond donors (Lipinski definition) is 2. The minimum Gasteiger partial charge on any atom is -0.271 e. The minimum atomic E-state index is -3.09. The van der Waals surface area contributed by atoms with Crippen LogP contribution in [0.4, 0.5) is 0 Å². The Morgan fingerprint density at radius 2 is 2.29 bits per heavy atom. The van der Waals surface area contributed by atoms with Gasteiger partial charge in [0.05, 0.1) is 23.7 Å². The molecule has 0 saturated heterocycles. The molecule has 0 radical (unpaired) electrons. The summed E-state index contributed by atoms with van der Waals surface area (Å²) in [7, 11) is -3.09. The van der Waals surface area contributed by atoms with Gasteiger partial charge in [-0.05, 0) is 0 Å². The first-order chi connectivity index (χ1) is 6.53. The van der Waals surface area contributed by atoms with Crippen molar-refractivity contribution in [2.75, 3.05) is 12.0 Å². The van der Waals surface area contributed by atoms with Crippen molar-refractivity contribution in [2.24, 2.45) is 5.84 Å². The average molecular weight is 216 g/mol. The highest BCUT2D eigenvalue weighted by molar-refractivity contribution is 7.90. The number of sulfone groups is 1. The normalized spacial score (nSPS) is 13.9. The van der Waals surface area contributed by atoms with E-state index in [1.54, 1.807) is 0 Å². The lowest BCUT2D eigenvalue weighted by Crippen LogP contribution is -2.33. The van der Waals surface area contributed by atoms with Crippen molar-refractivity contribution in [2.45, 2.75) is 6.04 Å². The van der Waals surface area contributed by atoms with Gasteiger partial charge in [0.15, 0.2) is 0 Å². The average Bonchev–Trinajstić information content (AvgIpc) is 2.14. The molecular formula is C7H12N4O2S. The van der Waals surface area contributed by atoms with E-state index in [-0.39, 0.29) is 5.75 Å². The van der Waals surface area contributed by atoms with Gasteiger partial charge in [-0.15, -0.1) is 0 Å². The molecule has 0 aliphatic carbocycles. The molecule has 0 amide bonds. The molecule has 0 aliphatic rings. The van der Waals surface area contributed by atoms with E-state index in [0.29, 0.717) is 5.69 Å². The summed E-state index contributed by atoms with van der Waals surface area (Å²) < 4.78 is 22.1. The second-order valence-corrected chi connectivity index (χ2v) is 5.13. The first-order valence-corrected chi connectivity index (χ1v) is 5.99. The summed E-state index contributed by atoms with van der Waals surface area (Å²) >= 11 is 0. The summed E-state index contributed by atoms with van der Waals surface area (Å²) in [6, 6.07) is -0.515. The lowest BCUT2D eigenvalue weighted by atomic mass is 10.2. The van der Waals surface area contributed by atoms with Crippen LogP contribution < -0.4 is 11.3 Å². The van der Waals surface area contributed by atoms with Crippen molar-refractivity contribution < 1.29 is 8.42 Å². The predicted octanol–water partition coefficient (Wildman–Crippen LogP) is -0.974. The molecule has 0 saturated carbocycles. The van der Waals surface area contributed by atoms with Crippen LogP contribution in [0.2, 0.25) is 0 Å². The maximum Gasteiger partial charge on any atom is 0.149 e. The Labute approximate surface area is 82.5 Å². The fraction of sp³-hybridized carbons (Fsp3) is 0.429. The van der Waals surface area contributed by atoms with E-state index < -0.39 is 15.9 Å². The Morgan fingerprint density at radius 3 is 2.71 bits per heavy atom. The van der Waals surface area contributed by atoms with Gasteiger partial charge in [0.1, 0.15) is 9.84 Å². The van der Waals surface area contributed by atoms with Crippen molar-refractivity contribution >= 4 is 9.84 Å². The van der Waals surface area contributed by atoms with Crippen LogP contribution in [0, 0.1) is 0 Å². The molecule has 6 nitrogen and oxygen atoms in total. The number of nitrogens with zero attached hydrogens (tertiary/aromatic N) is 2. The lowest BCUT2D eigenvalue weighted by Gasteiger charge is -2.12.